The van der Waals surface area contributed by atoms with E-state index in [1.807, 2.05) is 32.9 Å². The first-order valence-corrected chi connectivity index (χ1v) is 23.0. The van der Waals surface area contributed by atoms with E-state index < -0.39 is 0 Å². The van der Waals surface area contributed by atoms with Crippen LogP contribution in [0.1, 0.15) is 149 Å². The van der Waals surface area contributed by atoms with Crippen molar-refractivity contribution < 1.29 is 9.47 Å². The molecule has 0 heterocycles. The zero-order chi connectivity index (χ0) is 41.0. The Hall–Kier alpha value is -3.52. The Morgan fingerprint density at radius 2 is 1.30 bits per heavy atom. The lowest BCUT2D eigenvalue weighted by atomic mass is 9.42. The number of hydrogen-bond donors (Lipinski definition) is 0. The largest absolute Gasteiger partial charge is 0.458 e. The van der Waals surface area contributed by atoms with Crippen LogP contribution in [0.25, 0.3) is 0 Å². The van der Waals surface area contributed by atoms with Crippen molar-refractivity contribution in [1.82, 2.24) is 0 Å². The number of ether oxygens (including phenoxy) is 2. The van der Waals surface area contributed by atoms with Crippen LogP contribution >= 0.6 is 0 Å². The molecule has 4 saturated carbocycles. The molecule has 0 aliphatic heterocycles. The summed E-state index contributed by atoms with van der Waals surface area (Å²) in [6.07, 6.45) is 20.3. The minimum Gasteiger partial charge on any atom is -0.458 e. The smallest absolute Gasteiger partial charge is 0.127 e. The second kappa shape index (κ2) is 18.2. The molecule has 0 saturated heterocycles. The molecule has 3 aromatic rings. The number of allylic oxidation sites excluding steroid dienone is 3. The highest BCUT2D eigenvalue weighted by Gasteiger charge is 2.62. The predicted molar refractivity (Wildman–Crippen MR) is 243 cm³/mol. The highest BCUT2D eigenvalue weighted by atomic mass is 16.5. The van der Waals surface area contributed by atoms with Gasteiger partial charge in [-0.15, -0.1) is 0 Å². The first-order valence-electron chi connectivity index (χ1n) is 23.0. The molecule has 2 heteroatoms. The maximum atomic E-state index is 6.32. The Morgan fingerprint density at radius 3 is 1.91 bits per heavy atom. The zero-order valence-electron chi connectivity index (χ0n) is 37.3. The normalized spacial score (nSPS) is 31.0. The predicted octanol–water partition coefficient (Wildman–Crippen LogP) is 16.2. The Balaban J connectivity index is 0.00000270. The van der Waals surface area contributed by atoms with Crippen LogP contribution in [-0.2, 0) is 5.41 Å². The molecule has 7 rings (SSSR count). The fourth-order valence-corrected chi connectivity index (χ4v) is 12.8. The van der Waals surface area contributed by atoms with Gasteiger partial charge in [-0.2, -0.15) is 0 Å². The Bertz CT molecular complexity index is 1810. The van der Waals surface area contributed by atoms with Crippen molar-refractivity contribution in [3.63, 3.8) is 0 Å². The molecule has 0 N–H and O–H groups in total. The van der Waals surface area contributed by atoms with Crippen LogP contribution < -0.4 is 9.47 Å². The van der Waals surface area contributed by atoms with Crippen LogP contribution in [0, 0.1) is 59.2 Å². The van der Waals surface area contributed by atoms with Gasteiger partial charge in [0.05, 0.1) is 0 Å². The maximum Gasteiger partial charge on any atom is 0.127 e. The number of fused-ring (bicyclic) bond motifs is 5. The Morgan fingerprint density at radius 1 is 0.702 bits per heavy atom. The third-order valence-corrected chi connectivity index (χ3v) is 15.8. The lowest BCUT2D eigenvalue weighted by Crippen LogP contribution is -2.55. The zero-order valence-corrected chi connectivity index (χ0v) is 37.3. The van der Waals surface area contributed by atoms with Gasteiger partial charge in [0, 0.05) is 5.41 Å². The molecule has 9 atom stereocenters. The van der Waals surface area contributed by atoms with Crippen LogP contribution in [0.5, 0.6) is 17.2 Å². The molecule has 9 unspecified atom stereocenters. The van der Waals surface area contributed by atoms with Crippen molar-refractivity contribution in [2.45, 2.75) is 145 Å². The molecule has 0 aromatic heterocycles. The summed E-state index contributed by atoms with van der Waals surface area (Å²) in [6.45, 7) is 29.0. The van der Waals surface area contributed by atoms with Gasteiger partial charge in [0.1, 0.15) is 23.0 Å². The van der Waals surface area contributed by atoms with Crippen molar-refractivity contribution in [1.29, 1.82) is 0 Å². The summed E-state index contributed by atoms with van der Waals surface area (Å²) >= 11 is 0. The van der Waals surface area contributed by atoms with Crippen molar-refractivity contribution in [2.24, 2.45) is 52.3 Å². The molecular weight excluding hydrogens is 693 g/mol. The fraction of sp³-hybridized carbons (Fsp3) is 0.564. The van der Waals surface area contributed by atoms with Crippen molar-refractivity contribution in [2.75, 3.05) is 0 Å². The highest BCUT2D eigenvalue weighted by Crippen LogP contribution is 2.70. The van der Waals surface area contributed by atoms with E-state index in [0.29, 0.717) is 22.5 Å². The number of rotatable bonds is 13. The van der Waals surface area contributed by atoms with E-state index in [2.05, 4.69) is 127 Å². The quantitative estimate of drug-likeness (QED) is 0.127. The molecule has 0 bridgehead atoms. The van der Waals surface area contributed by atoms with E-state index in [1.165, 1.54) is 93.7 Å². The van der Waals surface area contributed by atoms with E-state index in [9.17, 15) is 0 Å². The summed E-state index contributed by atoms with van der Waals surface area (Å²) in [5.41, 5.74) is 5.92. The number of hydrogen-bond acceptors (Lipinski definition) is 2. The first kappa shape index (κ1) is 43.1. The molecule has 0 spiro atoms. The summed E-state index contributed by atoms with van der Waals surface area (Å²) in [7, 11) is 0. The van der Waals surface area contributed by atoms with Gasteiger partial charge in [0.15, 0.2) is 0 Å². The van der Waals surface area contributed by atoms with Gasteiger partial charge >= 0.3 is 0 Å². The minimum atomic E-state index is -0.0537. The summed E-state index contributed by atoms with van der Waals surface area (Å²) in [6, 6.07) is 26.4. The maximum absolute atomic E-state index is 6.32. The van der Waals surface area contributed by atoms with Crippen LogP contribution in [0.15, 0.2) is 109 Å². The molecule has 4 fully saturated rings. The summed E-state index contributed by atoms with van der Waals surface area (Å²) in [5.74, 6) is 9.22. The highest BCUT2D eigenvalue weighted by molar-refractivity contribution is 5.46. The fourth-order valence-electron chi connectivity index (χ4n) is 12.8. The third kappa shape index (κ3) is 9.06. The van der Waals surface area contributed by atoms with Gasteiger partial charge in [-0.05, 0) is 177 Å². The molecule has 0 radical (unpaired) electrons. The van der Waals surface area contributed by atoms with E-state index in [4.69, 9.17) is 9.47 Å². The lowest BCUT2D eigenvalue weighted by molar-refractivity contribution is -0.122. The average Bonchev–Trinajstić information content (AvgIpc) is 3.56. The van der Waals surface area contributed by atoms with Crippen molar-refractivity contribution >= 4 is 0 Å². The van der Waals surface area contributed by atoms with Gasteiger partial charge in [-0.1, -0.05) is 134 Å². The average molecular weight is 769 g/mol. The van der Waals surface area contributed by atoms with E-state index >= 15 is 0 Å². The summed E-state index contributed by atoms with van der Waals surface area (Å²) in [5, 5.41) is 0. The molecule has 308 valence electrons. The van der Waals surface area contributed by atoms with E-state index in [0.717, 1.165) is 58.3 Å². The van der Waals surface area contributed by atoms with Crippen LogP contribution in [0.3, 0.4) is 0 Å². The van der Waals surface area contributed by atoms with Crippen molar-refractivity contribution in [3.05, 3.63) is 126 Å². The van der Waals surface area contributed by atoms with Gasteiger partial charge in [0.25, 0.3) is 0 Å². The third-order valence-electron chi connectivity index (χ3n) is 15.8. The van der Waals surface area contributed by atoms with Crippen LogP contribution in [0.2, 0.25) is 0 Å². The second-order valence-electron chi connectivity index (χ2n) is 19.7. The Kier molecular flexibility index (Phi) is 13.7. The monoisotopic (exact) mass is 769 g/mol. The molecule has 4 aliphatic carbocycles. The molecule has 4 aliphatic rings. The molecule has 57 heavy (non-hydrogen) atoms. The topological polar surface area (TPSA) is 18.5 Å². The first-order chi connectivity index (χ1) is 27.3. The molecule has 0 amide bonds. The second-order valence-corrected chi connectivity index (χ2v) is 19.7. The minimum absolute atomic E-state index is 0.0537. The van der Waals surface area contributed by atoms with Crippen LogP contribution in [0.4, 0.5) is 0 Å². The lowest BCUT2D eigenvalue weighted by Gasteiger charge is -2.63. The molecule has 3 aromatic carbocycles. The number of benzene rings is 3. The standard InChI is InChI=1S/C53H70O2.C2H6/c1-36(2)11-10-12-39(6)48-29-30-49-47-28-21-43-35-53(34-33-51(43,8)50(47)31-32-52(48,49)9,41-17-24-44(25-18-41)54-40(7)16-13-37(3)4)42-19-26-46(27-20-42)55-45-22-14-38(5)15-23-45;1-2/h13-20,22-27,36,39,43,47-50H,3,7,10-12,21,28-35H2,1-2,4-6,8-9H3;1-2H3/b16-13-;. The van der Waals surface area contributed by atoms with E-state index in [1.54, 1.807) is 0 Å². The Labute approximate surface area is 348 Å². The summed E-state index contributed by atoms with van der Waals surface area (Å²) in [4.78, 5) is 0. The van der Waals surface area contributed by atoms with Gasteiger partial charge in [-0.3, -0.25) is 0 Å². The van der Waals surface area contributed by atoms with E-state index in [-0.39, 0.29) is 5.41 Å². The SMILES string of the molecule is C=C(C)/C=C\C(=C)Oc1ccc(C2(c3ccc(Oc4ccc(C)cc4)cc3)CCC3(C)C(CCC4C3CCC3(C)C(C(C)CCCC(C)C)CCC43)C2)cc1.CC. The summed E-state index contributed by atoms with van der Waals surface area (Å²) < 4.78 is 12.5. The van der Waals surface area contributed by atoms with Gasteiger partial charge < -0.3 is 9.47 Å². The van der Waals surface area contributed by atoms with Gasteiger partial charge in [-0.25, -0.2) is 0 Å². The van der Waals surface area contributed by atoms with Gasteiger partial charge in [0.2, 0.25) is 0 Å². The van der Waals surface area contributed by atoms with Crippen molar-refractivity contribution in [3.8, 4) is 17.2 Å². The molecular formula is C55H76O2. The molecule has 2 nitrogen and oxygen atoms in total. The number of aryl methyl sites for hydroxylation is 1. The van der Waals surface area contributed by atoms with Crippen LogP contribution in [-0.4, -0.2) is 0 Å².